The summed E-state index contributed by atoms with van der Waals surface area (Å²) in [5, 5.41) is 0.889. The largest absolute Gasteiger partial charge is 0.328 e. The molecule has 0 aliphatic carbocycles. The minimum Gasteiger partial charge on any atom is -0.328 e. The van der Waals surface area contributed by atoms with Gasteiger partial charge in [-0.3, -0.25) is 0 Å². The third kappa shape index (κ3) is 4.23. The molecule has 1 unspecified atom stereocenters. The summed E-state index contributed by atoms with van der Waals surface area (Å²) >= 11 is 6.15. The van der Waals surface area contributed by atoms with E-state index in [2.05, 4.69) is 26.0 Å². The molecule has 1 aromatic carbocycles. The number of benzene rings is 1. The molecule has 0 fully saturated rings. The minimum absolute atomic E-state index is 0.342. The summed E-state index contributed by atoms with van der Waals surface area (Å²) in [6, 6.07) is 6.60. The molecular formula is C13H20ClN. The van der Waals surface area contributed by atoms with Gasteiger partial charge in [0.15, 0.2) is 0 Å². The fraction of sp³-hybridized carbons (Fsp3) is 0.538. The van der Waals surface area contributed by atoms with Crippen molar-refractivity contribution < 1.29 is 0 Å². The maximum absolute atomic E-state index is 6.15. The van der Waals surface area contributed by atoms with Crippen LogP contribution in [-0.4, -0.2) is 6.04 Å². The van der Waals surface area contributed by atoms with E-state index in [1.54, 1.807) is 0 Å². The maximum atomic E-state index is 6.15. The molecule has 0 heterocycles. The molecule has 84 valence electrons. The molecule has 1 aromatic rings. The number of hydrogen-bond acceptors (Lipinski definition) is 1. The van der Waals surface area contributed by atoms with Crippen LogP contribution in [0.3, 0.4) is 0 Å². The van der Waals surface area contributed by atoms with Crippen LogP contribution in [-0.2, 0) is 6.42 Å². The first-order chi connectivity index (χ1) is 7.13. The first-order valence-corrected chi connectivity index (χ1v) is 6.02. The summed E-state index contributed by atoms with van der Waals surface area (Å²) in [6.07, 6.45) is 4.30. The summed E-state index contributed by atoms with van der Waals surface area (Å²) in [4.78, 5) is 0. The molecule has 0 aliphatic heterocycles. The monoisotopic (exact) mass is 225 g/mol. The van der Waals surface area contributed by atoms with Gasteiger partial charge in [-0.15, -0.1) is 0 Å². The highest BCUT2D eigenvalue weighted by atomic mass is 35.5. The third-order valence-corrected chi connectivity index (χ3v) is 3.11. The zero-order chi connectivity index (χ0) is 11.3. The van der Waals surface area contributed by atoms with E-state index in [-0.39, 0.29) is 0 Å². The van der Waals surface area contributed by atoms with Gasteiger partial charge in [-0.2, -0.15) is 0 Å². The van der Waals surface area contributed by atoms with E-state index >= 15 is 0 Å². The smallest absolute Gasteiger partial charge is 0.0440 e. The minimum atomic E-state index is 0.342. The van der Waals surface area contributed by atoms with Crippen LogP contribution in [0.25, 0.3) is 0 Å². The Hall–Kier alpha value is -0.530. The Morgan fingerprint density at radius 1 is 1.40 bits per heavy atom. The first kappa shape index (κ1) is 12.5. The fourth-order valence-corrected chi connectivity index (χ4v) is 1.94. The van der Waals surface area contributed by atoms with Crippen LogP contribution in [0.2, 0.25) is 5.02 Å². The molecule has 0 saturated heterocycles. The van der Waals surface area contributed by atoms with Crippen LogP contribution in [0.15, 0.2) is 18.2 Å². The van der Waals surface area contributed by atoms with Gasteiger partial charge >= 0.3 is 0 Å². The average Bonchev–Trinajstić information content (AvgIpc) is 2.21. The van der Waals surface area contributed by atoms with E-state index in [1.165, 1.54) is 11.1 Å². The van der Waals surface area contributed by atoms with E-state index in [0.29, 0.717) is 6.04 Å². The van der Waals surface area contributed by atoms with Gasteiger partial charge in [-0.05, 0) is 49.8 Å². The Balaban J connectivity index is 2.44. The molecule has 0 radical (unpaired) electrons. The third-order valence-electron chi connectivity index (χ3n) is 2.75. The van der Waals surface area contributed by atoms with E-state index < -0.39 is 0 Å². The second kappa shape index (κ2) is 6.14. The summed E-state index contributed by atoms with van der Waals surface area (Å²) in [5.74, 6) is 0. The second-order valence-electron chi connectivity index (χ2n) is 4.16. The van der Waals surface area contributed by atoms with Crippen molar-refractivity contribution in [2.75, 3.05) is 0 Å². The van der Waals surface area contributed by atoms with Gasteiger partial charge in [0.1, 0.15) is 0 Å². The molecule has 1 rings (SSSR count). The lowest BCUT2D eigenvalue weighted by molar-refractivity contribution is 0.568. The number of aryl methyl sites for hydroxylation is 2. The van der Waals surface area contributed by atoms with E-state index in [4.69, 9.17) is 17.3 Å². The molecule has 15 heavy (non-hydrogen) atoms. The van der Waals surface area contributed by atoms with Crippen molar-refractivity contribution in [3.63, 3.8) is 0 Å². The fourth-order valence-electron chi connectivity index (χ4n) is 1.61. The Morgan fingerprint density at radius 2 is 2.13 bits per heavy atom. The van der Waals surface area contributed by atoms with Crippen LogP contribution in [0.4, 0.5) is 0 Å². The molecule has 0 saturated carbocycles. The zero-order valence-electron chi connectivity index (χ0n) is 9.59. The van der Waals surface area contributed by atoms with Gasteiger partial charge in [-0.25, -0.2) is 0 Å². The normalized spacial score (nSPS) is 12.8. The molecule has 0 amide bonds. The standard InChI is InChI=1S/C13H20ClN/c1-3-12(15)6-4-5-11-8-7-10(2)9-13(11)14/h7-9,12H,3-6,15H2,1-2H3. The van der Waals surface area contributed by atoms with Gasteiger partial charge in [-0.1, -0.05) is 30.7 Å². The first-order valence-electron chi connectivity index (χ1n) is 5.64. The second-order valence-corrected chi connectivity index (χ2v) is 4.56. The van der Waals surface area contributed by atoms with Gasteiger partial charge in [0.05, 0.1) is 0 Å². The molecule has 2 heteroatoms. The summed E-state index contributed by atoms with van der Waals surface area (Å²) < 4.78 is 0. The van der Waals surface area contributed by atoms with Crippen molar-refractivity contribution in [2.45, 2.75) is 45.6 Å². The Bertz CT molecular complexity index is 309. The predicted molar refractivity (Wildman–Crippen MR) is 67.4 cm³/mol. The van der Waals surface area contributed by atoms with Crippen molar-refractivity contribution in [1.82, 2.24) is 0 Å². The molecule has 0 spiro atoms. The van der Waals surface area contributed by atoms with Crippen LogP contribution in [0.5, 0.6) is 0 Å². The Labute approximate surface area is 97.6 Å². The van der Waals surface area contributed by atoms with Crippen molar-refractivity contribution >= 4 is 11.6 Å². The van der Waals surface area contributed by atoms with Gasteiger partial charge in [0.25, 0.3) is 0 Å². The van der Waals surface area contributed by atoms with Gasteiger partial charge < -0.3 is 5.73 Å². The zero-order valence-corrected chi connectivity index (χ0v) is 10.3. The lowest BCUT2D eigenvalue weighted by Crippen LogP contribution is -2.18. The summed E-state index contributed by atoms with van der Waals surface area (Å²) in [7, 11) is 0. The average molecular weight is 226 g/mol. The lowest BCUT2D eigenvalue weighted by Gasteiger charge is -2.09. The van der Waals surface area contributed by atoms with Crippen LogP contribution in [0.1, 0.15) is 37.3 Å². The maximum Gasteiger partial charge on any atom is 0.0440 e. The van der Waals surface area contributed by atoms with Crippen molar-refractivity contribution in [3.8, 4) is 0 Å². The van der Waals surface area contributed by atoms with Crippen LogP contribution < -0.4 is 5.73 Å². The molecule has 0 aromatic heterocycles. The molecule has 2 N–H and O–H groups in total. The van der Waals surface area contributed by atoms with Crippen molar-refractivity contribution in [2.24, 2.45) is 5.73 Å². The summed E-state index contributed by atoms with van der Waals surface area (Å²) in [6.45, 7) is 4.19. The lowest BCUT2D eigenvalue weighted by atomic mass is 10.0. The van der Waals surface area contributed by atoms with Crippen molar-refractivity contribution in [3.05, 3.63) is 34.3 Å². The highest BCUT2D eigenvalue weighted by molar-refractivity contribution is 6.31. The predicted octanol–water partition coefficient (Wildman–Crippen LogP) is 3.71. The van der Waals surface area contributed by atoms with Crippen LogP contribution >= 0.6 is 11.6 Å². The number of nitrogens with two attached hydrogens (primary N) is 1. The van der Waals surface area contributed by atoms with E-state index in [9.17, 15) is 0 Å². The molecule has 0 aliphatic rings. The molecule has 1 nitrogen and oxygen atoms in total. The molecule has 1 atom stereocenters. The number of hydrogen-bond donors (Lipinski definition) is 1. The number of rotatable bonds is 5. The molecule has 0 bridgehead atoms. The topological polar surface area (TPSA) is 26.0 Å². The van der Waals surface area contributed by atoms with Gasteiger partial charge in [0, 0.05) is 11.1 Å². The van der Waals surface area contributed by atoms with E-state index in [1.807, 2.05) is 6.07 Å². The van der Waals surface area contributed by atoms with Gasteiger partial charge in [0.2, 0.25) is 0 Å². The highest BCUT2D eigenvalue weighted by Gasteiger charge is 2.02. The Morgan fingerprint density at radius 3 is 2.73 bits per heavy atom. The van der Waals surface area contributed by atoms with Crippen molar-refractivity contribution in [1.29, 1.82) is 0 Å². The van der Waals surface area contributed by atoms with Crippen LogP contribution in [0, 0.1) is 6.92 Å². The number of halogens is 1. The Kier molecular flexibility index (Phi) is 5.13. The SMILES string of the molecule is CCC(N)CCCc1ccc(C)cc1Cl. The summed E-state index contributed by atoms with van der Waals surface area (Å²) in [5.41, 5.74) is 8.32. The molecular weight excluding hydrogens is 206 g/mol. The highest BCUT2D eigenvalue weighted by Crippen LogP contribution is 2.19. The quantitative estimate of drug-likeness (QED) is 0.813. The van der Waals surface area contributed by atoms with E-state index in [0.717, 1.165) is 30.7 Å².